The van der Waals surface area contributed by atoms with Crippen LogP contribution in [0.5, 0.6) is 5.75 Å². The number of carbonyl (C=O) groups excluding carboxylic acids is 1. The molecule has 2 saturated heterocycles. The summed E-state index contributed by atoms with van der Waals surface area (Å²) in [5.74, 6) is 0.332. The Hall–Kier alpha value is -2.68. The van der Waals surface area contributed by atoms with Gasteiger partial charge < -0.3 is 20.4 Å². The van der Waals surface area contributed by atoms with Crippen LogP contribution < -0.4 is 15.4 Å². The zero-order chi connectivity index (χ0) is 23.5. The van der Waals surface area contributed by atoms with Gasteiger partial charge in [0, 0.05) is 35.5 Å². The van der Waals surface area contributed by atoms with Gasteiger partial charge in [0.05, 0.1) is 17.7 Å². The van der Waals surface area contributed by atoms with Crippen molar-refractivity contribution >= 4 is 35.0 Å². The van der Waals surface area contributed by atoms with Gasteiger partial charge in [0.1, 0.15) is 17.4 Å². The molecule has 2 aromatic heterocycles. The van der Waals surface area contributed by atoms with Crippen molar-refractivity contribution < 1.29 is 13.9 Å². The van der Waals surface area contributed by atoms with E-state index < -0.39 is 11.7 Å². The highest BCUT2D eigenvalue weighted by Crippen LogP contribution is 2.32. The molecule has 0 radical (unpaired) electrons. The first-order valence-electron chi connectivity index (χ1n) is 12.2. The molecule has 0 unspecified atom stereocenters. The van der Waals surface area contributed by atoms with Gasteiger partial charge in [0.2, 0.25) is 0 Å². The molecular formula is C26H33ClFN5O2. The molecule has 5 rings (SSSR count). The number of anilines is 1. The van der Waals surface area contributed by atoms with Crippen molar-refractivity contribution in [1.82, 2.24) is 20.2 Å². The summed E-state index contributed by atoms with van der Waals surface area (Å²) in [6.07, 6.45) is 7.30. The van der Waals surface area contributed by atoms with Crippen LogP contribution in [0.25, 0.3) is 10.9 Å². The third kappa shape index (κ3) is 5.94. The van der Waals surface area contributed by atoms with Crippen molar-refractivity contribution in [1.29, 1.82) is 0 Å². The number of piperidine rings is 1. The van der Waals surface area contributed by atoms with Crippen molar-refractivity contribution in [3.63, 3.8) is 0 Å². The molecule has 9 heteroatoms. The van der Waals surface area contributed by atoms with Crippen LogP contribution in [0, 0.1) is 11.7 Å². The van der Waals surface area contributed by atoms with Gasteiger partial charge in [-0.3, -0.25) is 9.69 Å². The van der Waals surface area contributed by atoms with Crippen LogP contribution in [0.1, 0.15) is 54.2 Å². The Morgan fingerprint density at radius 1 is 1.23 bits per heavy atom. The van der Waals surface area contributed by atoms with E-state index in [9.17, 15) is 9.18 Å². The Labute approximate surface area is 211 Å². The third-order valence-electron chi connectivity index (χ3n) is 7.08. The molecule has 2 aliphatic heterocycles. The number of H-pyrrole nitrogens is 1. The largest absolute Gasteiger partial charge is 0.493 e. The third-order valence-corrected chi connectivity index (χ3v) is 7.08. The molecule has 35 heavy (non-hydrogen) atoms. The Morgan fingerprint density at radius 2 is 2.06 bits per heavy atom. The molecule has 3 aromatic rings. The fraction of sp³-hybridized carbons (Fsp3) is 0.462. The average molecular weight is 502 g/mol. The second kappa shape index (κ2) is 11.4. The molecule has 2 aliphatic rings. The summed E-state index contributed by atoms with van der Waals surface area (Å²) in [4.78, 5) is 22.8. The number of benzene rings is 1. The van der Waals surface area contributed by atoms with Crippen molar-refractivity contribution in [3.8, 4) is 5.75 Å². The van der Waals surface area contributed by atoms with Gasteiger partial charge in [0.15, 0.2) is 0 Å². The predicted molar refractivity (Wildman–Crippen MR) is 138 cm³/mol. The van der Waals surface area contributed by atoms with Crippen LogP contribution in [0.4, 0.5) is 10.2 Å². The topological polar surface area (TPSA) is 82.3 Å². The van der Waals surface area contributed by atoms with Gasteiger partial charge in [-0.15, -0.1) is 12.4 Å². The molecule has 0 spiro atoms. The van der Waals surface area contributed by atoms with E-state index in [0.29, 0.717) is 30.1 Å². The number of rotatable bonds is 7. The summed E-state index contributed by atoms with van der Waals surface area (Å²) in [6.45, 7) is 3.74. The van der Waals surface area contributed by atoms with Gasteiger partial charge in [-0.05, 0) is 82.9 Å². The smallest absolute Gasteiger partial charge is 0.259 e. The summed E-state index contributed by atoms with van der Waals surface area (Å²) in [5, 5.41) is 7.06. The summed E-state index contributed by atoms with van der Waals surface area (Å²) in [5.41, 5.74) is 2.02. The van der Waals surface area contributed by atoms with Crippen LogP contribution in [-0.2, 0) is 0 Å². The summed E-state index contributed by atoms with van der Waals surface area (Å²) >= 11 is 0. The number of hydrogen-bond acceptors (Lipinski definition) is 5. The fourth-order valence-corrected chi connectivity index (χ4v) is 5.07. The Balaban J connectivity index is 0.00000289. The van der Waals surface area contributed by atoms with Crippen molar-refractivity contribution in [3.05, 3.63) is 53.6 Å². The van der Waals surface area contributed by atoms with E-state index in [0.717, 1.165) is 61.9 Å². The monoisotopic (exact) mass is 501 g/mol. The lowest BCUT2D eigenvalue weighted by atomic mass is 9.95. The molecule has 0 aliphatic carbocycles. The number of nitrogens with zero attached hydrogens (tertiary/aromatic N) is 2. The molecule has 3 N–H and O–H groups in total. The number of pyridine rings is 1. The lowest BCUT2D eigenvalue weighted by Gasteiger charge is -2.22. The number of fused-ring (bicyclic) bond motifs is 1. The lowest BCUT2D eigenvalue weighted by Crippen LogP contribution is -2.28. The minimum atomic E-state index is -0.607. The maximum atomic E-state index is 14.7. The number of ether oxygens (including phenoxy) is 1. The standard InChI is InChI=1S/C26H32FN5O2.ClH/c1-32-11-2-3-24(32)23-13-18-16-29-25(15-22(18)30-23)31-26(33)20-5-4-19(14-21(20)27)34-12-8-17-6-9-28-10-7-17;/h4-5,13-17,24,28,30H,2-3,6-12H2,1H3,(H,29,31,33);1H/t24-;/m1./s1. The molecule has 188 valence electrons. The number of nitrogens with one attached hydrogen (secondary N) is 3. The lowest BCUT2D eigenvalue weighted by molar-refractivity contribution is 0.102. The number of hydrogen-bond donors (Lipinski definition) is 3. The first kappa shape index (κ1) is 25.4. The maximum Gasteiger partial charge on any atom is 0.259 e. The van der Waals surface area contributed by atoms with Gasteiger partial charge in [-0.25, -0.2) is 9.37 Å². The van der Waals surface area contributed by atoms with Gasteiger partial charge in [0.25, 0.3) is 5.91 Å². The first-order valence-corrected chi connectivity index (χ1v) is 12.2. The number of amides is 1. The second-order valence-corrected chi connectivity index (χ2v) is 9.45. The maximum absolute atomic E-state index is 14.7. The summed E-state index contributed by atoms with van der Waals surface area (Å²) in [7, 11) is 2.13. The summed E-state index contributed by atoms with van der Waals surface area (Å²) < 4.78 is 20.4. The van der Waals surface area contributed by atoms with E-state index in [1.165, 1.54) is 18.6 Å². The number of aromatic nitrogens is 2. The minimum Gasteiger partial charge on any atom is -0.493 e. The van der Waals surface area contributed by atoms with Crippen molar-refractivity contribution in [2.75, 3.05) is 38.6 Å². The Bertz CT molecular complexity index is 1160. The summed E-state index contributed by atoms with van der Waals surface area (Å²) in [6, 6.07) is 8.67. The molecule has 7 nitrogen and oxygen atoms in total. The predicted octanol–water partition coefficient (Wildman–Crippen LogP) is 4.91. The average Bonchev–Trinajstić information content (AvgIpc) is 3.45. The first-order chi connectivity index (χ1) is 16.6. The van der Waals surface area contributed by atoms with Crippen molar-refractivity contribution in [2.24, 2.45) is 5.92 Å². The molecular weight excluding hydrogens is 469 g/mol. The number of aromatic amines is 1. The normalized spacial score (nSPS) is 19.0. The van der Waals surface area contributed by atoms with E-state index in [-0.39, 0.29) is 18.0 Å². The minimum absolute atomic E-state index is 0. The van der Waals surface area contributed by atoms with E-state index >= 15 is 0 Å². The molecule has 1 atom stereocenters. The molecule has 4 heterocycles. The van der Waals surface area contributed by atoms with Crippen LogP contribution in [0.3, 0.4) is 0 Å². The fourth-order valence-electron chi connectivity index (χ4n) is 5.07. The zero-order valence-corrected chi connectivity index (χ0v) is 20.8. The van der Waals surface area contributed by atoms with Crippen molar-refractivity contribution in [2.45, 2.75) is 38.1 Å². The highest BCUT2D eigenvalue weighted by Gasteiger charge is 2.24. The molecule has 2 fully saturated rings. The number of halogens is 2. The molecule has 1 amide bonds. The van der Waals surface area contributed by atoms with Crippen LogP contribution in [0.15, 0.2) is 36.5 Å². The van der Waals surface area contributed by atoms with Crippen LogP contribution in [-0.4, -0.2) is 54.1 Å². The van der Waals surface area contributed by atoms with E-state index in [1.54, 1.807) is 18.3 Å². The van der Waals surface area contributed by atoms with Gasteiger partial charge in [-0.1, -0.05) is 0 Å². The van der Waals surface area contributed by atoms with Gasteiger partial charge in [-0.2, -0.15) is 0 Å². The number of carbonyl (C=O) groups is 1. The second-order valence-electron chi connectivity index (χ2n) is 9.45. The highest BCUT2D eigenvalue weighted by atomic mass is 35.5. The van der Waals surface area contributed by atoms with E-state index in [1.807, 2.05) is 0 Å². The van der Waals surface area contributed by atoms with Crippen LogP contribution >= 0.6 is 12.4 Å². The number of likely N-dealkylation sites (tertiary alicyclic amines) is 1. The molecule has 0 bridgehead atoms. The Morgan fingerprint density at radius 3 is 2.80 bits per heavy atom. The quantitative estimate of drug-likeness (QED) is 0.428. The zero-order valence-electron chi connectivity index (χ0n) is 20.0. The van der Waals surface area contributed by atoms with E-state index in [4.69, 9.17) is 4.74 Å². The Kier molecular flexibility index (Phi) is 8.26. The molecule has 1 aromatic carbocycles. The highest BCUT2D eigenvalue weighted by molar-refractivity contribution is 6.04. The molecule has 0 saturated carbocycles. The van der Waals surface area contributed by atoms with E-state index in [2.05, 4.69) is 38.6 Å². The van der Waals surface area contributed by atoms with Crippen LogP contribution in [0.2, 0.25) is 0 Å². The van der Waals surface area contributed by atoms with Gasteiger partial charge >= 0.3 is 0 Å². The SMILES string of the molecule is CN1CCC[C@@H]1c1cc2cnc(NC(=O)c3ccc(OCCC4CCNCC4)cc3F)cc2[nH]1.Cl.